The Morgan fingerprint density at radius 3 is 2.76 bits per heavy atom. The Bertz CT molecular complexity index is 519. The van der Waals surface area contributed by atoms with Gasteiger partial charge in [-0.15, -0.1) is 16.9 Å². The van der Waals surface area contributed by atoms with Crippen molar-refractivity contribution < 1.29 is 0 Å². The molecule has 0 aliphatic carbocycles. The average Bonchev–Trinajstić information content (AvgIpc) is 2.71. The number of thioether (sulfide) groups is 1. The molecule has 2 N–H and O–H groups in total. The molecule has 0 atom stereocenters. The van der Waals surface area contributed by atoms with Crippen LogP contribution in [0.5, 0.6) is 0 Å². The fraction of sp³-hybridized carbons (Fsp3) is 0.333. The van der Waals surface area contributed by atoms with Gasteiger partial charge in [0.25, 0.3) is 0 Å². The molecule has 0 saturated heterocycles. The molecule has 0 saturated carbocycles. The van der Waals surface area contributed by atoms with Gasteiger partial charge in [-0.3, -0.25) is 0 Å². The molecule has 0 unspecified atom stereocenters. The van der Waals surface area contributed by atoms with E-state index in [0.717, 1.165) is 11.4 Å². The summed E-state index contributed by atoms with van der Waals surface area (Å²) in [6, 6.07) is 8.19. The standard InChI is InChI=1S/C12H16N4S/c1-8(2)11-12(13)14-15-16(11)9-5-4-6-10(7-9)17-3/h4-8H,13H2,1-3H3. The third kappa shape index (κ3) is 2.29. The minimum atomic E-state index is 0.294. The van der Waals surface area contributed by atoms with Crippen LogP contribution >= 0.6 is 11.8 Å². The van der Waals surface area contributed by atoms with Gasteiger partial charge in [0.2, 0.25) is 0 Å². The Kier molecular flexibility index (Phi) is 3.38. The van der Waals surface area contributed by atoms with Gasteiger partial charge in [0, 0.05) is 4.90 Å². The molecule has 2 aromatic rings. The van der Waals surface area contributed by atoms with Crippen molar-refractivity contribution in [3.8, 4) is 5.69 Å². The molecule has 0 bridgehead atoms. The highest BCUT2D eigenvalue weighted by Crippen LogP contribution is 2.24. The SMILES string of the molecule is CSc1cccc(-n2nnc(N)c2C(C)C)c1. The molecule has 0 amide bonds. The molecular weight excluding hydrogens is 232 g/mol. The van der Waals surface area contributed by atoms with E-state index in [1.54, 1.807) is 11.8 Å². The van der Waals surface area contributed by atoms with Gasteiger partial charge in [-0.2, -0.15) is 0 Å². The van der Waals surface area contributed by atoms with Crippen molar-refractivity contribution in [3.63, 3.8) is 0 Å². The Hall–Kier alpha value is -1.49. The van der Waals surface area contributed by atoms with Gasteiger partial charge in [-0.25, -0.2) is 4.68 Å². The molecule has 0 aliphatic rings. The lowest BCUT2D eigenvalue weighted by Crippen LogP contribution is -2.05. The van der Waals surface area contributed by atoms with E-state index in [4.69, 9.17) is 5.73 Å². The summed E-state index contributed by atoms with van der Waals surface area (Å²) in [5, 5.41) is 8.07. The van der Waals surface area contributed by atoms with Gasteiger partial charge in [-0.05, 0) is 30.4 Å². The number of rotatable bonds is 3. The zero-order valence-electron chi connectivity index (χ0n) is 10.2. The van der Waals surface area contributed by atoms with E-state index in [9.17, 15) is 0 Å². The molecule has 90 valence electrons. The van der Waals surface area contributed by atoms with Crippen LogP contribution in [0.15, 0.2) is 29.2 Å². The maximum atomic E-state index is 5.85. The largest absolute Gasteiger partial charge is 0.381 e. The van der Waals surface area contributed by atoms with E-state index in [1.807, 2.05) is 16.8 Å². The summed E-state index contributed by atoms with van der Waals surface area (Å²) in [5.41, 5.74) is 7.82. The predicted octanol–water partition coefficient (Wildman–Crippen LogP) is 2.69. The van der Waals surface area contributed by atoms with Gasteiger partial charge in [0.05, 0.1) is 11.4 Å². The molecule has 1 heterocycles. The number of hydrogen-bond acceptors (Lipinski definition) is 4. The average molecular weight is 248 g/mol. The Labute approximate surface area is 105 Å². The van der Waals surface area contributed by atoms with Crippen molar-refractivity contribution in [1.29, 1.82) is 0 Å². The lowest BCUT2D eigenvalue weighted by Gasteiger charge is -2.10. The van der Waals surface area contributed by atoms with Crippen LogP contribution in [0.3, 0.4) is 0 Å². The van der Waals surface area contributed by atoms with Crippen LogP contribution in [0, 0.1) is 0 Å². The minimum Gasteiger partial charge on any atom is -0.381 e. The van der Waals surface area contributed by atoms with Crippen LogP contribution in [0.2, 0.25) is 0 Å². The number of aromatic nitrogens is 3. The normalized spacial score (nSPS) is 11.1. The number of benzene rings is 1. The lowest BCUT2D eigenvalue weighted by atomic mass is 10.1. The zero-order chi connectivity index (χ0) is 12.4. The number of nitrogens with zero attached hydrogens (tertiary/aromatic N) is 3. The Balaban J connectivity index is 2.52. The molecule has 4 nitrogen and oxygen atoms in total. The van der Waals surface area contributed by atoms with Crippen LogP contribution in [0.25, 0.3) is 5.69 Å². The van der Waals surface area contributed by atoms with Gasteiger partial charge in [0.15, 0.2) is 5.82 Å². The molecule has 5 heteroatoms. The molecule has 0 aliphatic heterocycles. The Morgan fingerprint density at radius 2 is 2.12 bits per heavy atom. The van der Waals surface area contributed by atoms with Crippen molar-refractivity contribution in [2.24, 2.45) is 0 Å². The number of nitrogen functional groups attached to an aromatic ring is 1. The molecule has 0 spiro atoms. The summed E-state index contributed by atoms with van der Waals surface area (Å²) in [5.74, 6) is 0.803. The summed E-state index contributed by atoms with van der Waals surface area (Å²) in [6.45, 7) is 4.17. The zero-order valence-corrected chi connectivity index (χ0v) is 11.0. The quantitative estimate of drug-likeness (QED) is 0.848. The lowest BCUT2D eigenvalue weighted by molar-refractivity contribution is 0.715. The van der Waals surface area contributed by atoms with Crippen molar-refractivity contribution in [2.75, 3.05) is 12.0 Å². The Morgan fingerprint density at radius 1 is 1.35 bits per heavy atom. The van der Waals surface area contributed by atoms with E-state index in [1.165, 1.54) is 4.90 Å². The van der Waals surface area contributed by atoms with E-state index in [0.29, 0.717) is 11.7 Å². The van der Waals surface area contributed by atoms with Crippen LogP contribution < -0.4 is 5.73 Å². The second kappa shape index (κ2) is 4.79. The van der Waals surface area contributed by atoms with Crippen LogP contribution in [0.1, 0.15) is 25.5 Å². The summed E-state index contributed by atoms with van der Waals surface area (Å²) in [7, 11) is 0. The van der Waals surface area contributed by atoms with E-state index < -0.39 is 0 Å². The van der Waals surface area contributed by atoms with Gasteiger partial charge in [0.1, 0.15) is 0 Å². The molecular formula is C12H16N4S. The van der Waals surface area contributed by atoms with Crippen molar-refractivity contribution >= 4 is 17.6 Å². The van der Waals surface area contributed by atoms with E-state index in [2.05, 4.69) is 42.5 Å². The molecule has 0 radical (unpaired) electrons. The topological polar surface area (TPSA) is 56.7 Å². The second-order valence-electron chi connectivity index (χ2n) is 4.13. The third-order valence-corrected chi connectivity index (χ3v) is 3.30. The van der Waals surface area contributed by atoms with Gasteiger partial charge < -0.3 is 5.73 Å². The fourth-order valence-electron chi connectivity index (χ4n) is 1.77. The molecule has 2 rings (SSSR count). The smallest absolute Gasteiger partial charge is 0.169 e. The first-order valence-electron chi connectivity index (χ1n) is 5.49. The molecule has 1 aromatic carbocycles. The highest BCUT2D eigenvalue weighted by atomic mass is 32.2. The first-order valence-corrected chi connectivity index (χ1v) is 6.71. The van der Waals surface area contributed by atoms with Crippen molar-refractivity contribution in [1.82, 2.24) is 15.0 Å². The monoisotopic (exact) mass is 248 g/mol. The third-order valence-electron chi connectivity index (χ3n) is 2.58. The summed E-state index contributed by atoms with van der Waals surface area (Å²) in [4.78, 5) is 1.20. The van der Waals surface area contributed by atoms with E-state index in [-0.39, 0.29) is 0 Å². The highest BCUT2D eigenvalue weighted by molar-refractivity contribution is 7.98. The van der Waals surface area contributed by atoms with Gasteiger partial charge in [-0.1, -0.05) is 25.1 Å². The molecule has 1 aromatic heterocycles. The maximum absolute atomic E-state index is 5.85. The van der Waals surface area contributed by atoms with Crippen LogP contribution in [-0.2, 0) is 0 Å². The van der Waals surface area contributed by atoms with Crippen molar-refractivity contribution in [3.05, 3.63) is 30.0 Å². The number of anilines is 1. The van der Waals surface area contributed by atoms with Crippen molar-refractivity contribution in [2.45, 2.75) is 24.7 Å². The van der Waals surface area contributed by atoms with Gasteiger partial charge >= 0.3 is 0 Å². The molecule has 0 fully saturated rings. The first kappa shape index (κ1) is 12.0. The second-order valence-corrected chi connectivity index (χ2v) is 5.01. The number of nitrogens with two attached hydrogens (primary N) is 1. The summed E-state index contributed by atoms with van der Waals surface area (Å²) < 4.78 is 1.82. The van der Waals surface area contributed by atoms with Crippen LogP contribution in [0.4, 0.5) is 5.82 Å². The van der Waals surface area contributed by atoms with Crippen LogP contribution in [-0.4, -0.2) is 21.2 Å². The highest BCUT2D eigenvalue weighted by Gasteiger charge is 2.15. The minimum absolute atomic E-state index is 0.294. The summed E-state index contributed by atoms with van der Waals surface area (Å²) in [6.07, 6.45) is 2.05. The number of hydrogen-bond donors (Lipinski definition) is 1. The maximum Gasteiger partial charge on any atom is 0.169 e. The predicted molar refractivity (Wildman–Crippen MR) is 71.6 cm³/mol. The first-order chi connectivity index (χ1) is 8.13. The summed E-state index contributed by atoms with van der Waals surface area (Å²) >= 11 is 1.71. The molecule has 17 heavy (non-hydrogen) atoms. The van der Waals surface area contributed by atoms with E-state index >= 15 is 0 Å². The fourth-order valence-corrected chi connectivity index (χ4v) is 2.23.